The average molecular weight is 385 g/mol. The van der Waals surface area contributed by atoms with Gasteiger partial charge in [-0.15, -0.1) is 0 Å². The van der Waals surface area contributed by atoms with E-state index < -0.39 is 30.2 Å². The molecule has 3 amide bonds. The summed E-state index contributed by atoms with van der Waals surface area (Å²) in [5.74, 6) is -2.49. The molecule has 2 aromatic carbocycles. The maximum Gasteiger partial charge on any atom is 0.276 e. The monoisotopic (exact) mass is 385 g/mol. The number of anilines is 1. The van der Waals surface area contributed by atoms with Gasteiger partial charge in [-0.2, -0.15) is 0 Å². The van der Waals surface area contributed by atoms with Crippen molar-refractivity contribution in [3.63, 3.8) is 0 Å². The Morgan fingerprint density at radius 1 is 1.14 bits per heavy atom. The topological polar surface area (TPSA) is 87.7 Å². The van der Waals surface area contributed by atoms with Crippen LogP contribution in [-0.4, -0.2) is 30.9 Å². The summed E-state index contributed by atoms with van der Waals surface area (Å²) in [6.45, 7) is 1.72. The maximum absolute atomic E-state index is 13.4. The van der Waals surface area contributed by atoms with Gasteiger partial charge in [0, 0.05) is 18.7 Å². The van der Waals surface area contributed by atoms with E-state index in [0.717, 1.165) is 11.3 Å². The normalized spacial score (nSPS) is 16.0. The molecular weight excluding hydrogens is 365 g/mol. The predicted octanol–water partition coefficient (Wildman–Crippen LogP) is 1.71. The molecule has 0 bridgehead atoms. The number of amides is 3. The van der Waals surface area contributed by atoms with Crippen LogP contribution in [0, 0.1) is 18.7 Å². The highest BCUT2D eigenvalue weighted by Crippen LogP contribution is 2.25. The molecule has 1 atom stereocenters. The Labute approximate surface area is 161 Å². The number of rotatable bonds is 5. The molecule has 1 aliphatic heterocycles. The van der Waals surface area contributed by atoms with E-state index in [1.165, 1.54) is 18.2 Å². The predicted molar refractivity (Wildman–Crippen MR) is 99.8 cm³/mol. The fourth-order valence-electron chi connectivity index (χ4n) is 2.83. The lowest BCUT2D eigenvalue weighted by atomic mass is 10.1. The summed E-state index contributed by atoms with van der Waals surface area (Å²) in [6.07, 6.45) is 0.0569. The van der Waals surface area contributed by atoms with E-state index >= 15 is 0 Å². The molecule has 0 radical (unpaired) electrons. The van der Waals surface area contributed by atoms with Crippen LogP contribution in [0.15, 0.2) is 48.5 Å². The molecule has 7 nitrogen and oxygen atoms in total. The molecule has 1 fully saturated rings. The zero-order valence-electron chi connectivity index (χ0n) is 15.3. The van der Waals surface area contributed by atoms with Gasteiger partial charge in [0.25, 0.3) is 5.91 Å². The number of nitrogens with zero attached hydrogens (tertiary/aromatic N) is 1. The van der Waals surface area contributed by atoms with Crippen LogP contribution in [0.4, 0.5) is 10.1 Å². The lowest BCUT2D eigenvalue weighted by Crippen LogP contribution is -2.46. The summed E-state index contributed by atoms with van der Waals surface area (Å²) in [5, 5.41) is 0. The van der Waals surface area contributed by atoms with E-state index in [-0.39, 0.29) is 24.6 Å². The molecule has 28 heavy (non-hydrogen) atoms. The number of hydrazine groups is 1. The van der Waals surface area contributed by atoms with Crippen LogP contribution in [0.5, 0.6) is 5.75 Å². The van der Waals surface area contributed by atoms with Crippen LogP contribution < -0.4 is 20.5 Å². The van der Waals surface area contributed by atoms with Gasteiger partial charge in [0.05, 0.1) is 5.92 Å². The van der Waals surface area contributed by atoms with Crippen molar-refractivity contribution in [2.45, 2.75) is 13.3 Å². The van der Waals surface area contributed by atoms with Crippen molar-refractivity contribution in [2.24, 2.45) is 5.92 Å². The molecule has 2 aromatic rings. The molecule has 8 heteroatoms. The summed E-state index contributed by atoms with van der Waals surface area (Å²) in [4.78, 5) is 37.8. The number of carbonyl (C=O) groups excluding carboxylic acids is 3. The molecule has 0 aromatic heterocycles. The Hall–Kier alpha value is -3.42. The first kappa shape index (κ1) is 19.3. The number of halogens is 1. The van der Waals surface area contributed by atoms with E-state index in [1.54, 1.807) is 11.0 Å². The van der Waals surface area contributed by atoms with Gasteiger partial charge in [-0.1, -0.05) is 29.8 Å². The van der Waals surface area contributed by atoms with Crippen LogP contribution in [0.2, 0.25) is 0 Å². The average Bonchev–Trinajstić information content (AvgIpc) is 3.08. The SMILES string of the molecule is Cc1ccc(N2C[C@@H](C(=O)NNC(=O)COc3ccccc3F)CC2=O)cc1. The van der Waals surface area contributed by atoms with E-state index in [0.29, 0.717) is 0 Å². The van der Waals surface area contributed by atoms with Crippen molar-refractivity contribution in [3.05, 3.63) is 59.9 Å². The first-order valence-corrected chi connectivity index (χ1v) is 8.77. The minimum Gasteiger partial charge on any atom is -0.481 e. The van der Waals surface area contributed by atoms with E-state index in [2.05, 4.69) is 10.9 Å². The molecule has 0 aliphatic carbocycles. The second-order valence-electron chi connectivity index (χ2n) is 6.50. The molecule has 146 valence electrons. The number of benzene rings is 2. The number of nitrogens with one attached hydrogen (secondary N) is 2. The van der Waals surface area contributed by atoms with Crippen LogP contribution >= 0.6 is 0 Å². The second-order valence-corrected chi connectivity index (χ2v) is 6.50. The van der Waals surface area contributed by atoms with Gasteiger partial charge in [-0.3, -0.25) is 25.2 Å². The van der Waals surface area contributed by atoms with Crippen molar-refractivity contribution >= 4 is 23.4 Å². The van der Waals surface area contributed by atoms with Crippen LogP contribution in [0.1, 0.15) is 12.0 Å². The van der Waals surface area contributed by atoms with Crippen molar-refractivity contribution in [3.8, 4) is 5.75 Å². The fourth-order valence-corrected chi connectivity index (χ4v) is 2.83. The van der Waals surface area contributed by atoms with Crippen LogP contribution in [-0.2, 0) is 14.4 Å². The quantitative estimate of drug-likeness (QED) is 0.767. The Balaban J connectivity index is 1.47. The van der Waals surface area contributed by atoms with E-state index in [4.69, 9.17) is 4.74 Å². The third kappa shape index (κ3) is 4.64. The molecular formula is C20H20FN3O4. The first-order valence-electron chi connectivity index (χ1n) is 8.77. The molecule has 1 saturated heterocycles. The van der Waals surface area contributed by atoms with E-state index in [9.17, 15) is 18.8 Å². The Kier molecular flexibility index (Phi) is 5.88. The maximum atomic E-state index is 13.4. The van der Waals surface area contributed by atoms with Gasteiger partial charge in [-0.25, -0.2) is 4.39 Å². The molecule has 0 unspecified atom stereocenters. The fraction of sp³-hybridized carbons (Fsp3) is 0.250. The number of para-hydroxylation sites is 1. The third-order valence-electron chi connectivity index (χ3n) is 4.36. The Bertz CT molecular complexity index is 885. The van der Waals surface area contributed by atoms with Crippen LogP contribution in [0.25, 0.3) is 0 Å². The molecule has 0 spiro atoms. The highest BCUT2D eigenvalue weighted by Gasteiger charge is 2.35. The second kappa shape index (κ2) is 8.51. The third-order valence-corrected chi connectivity index (χ3v) is 4.36. The van der Waals surface area contributed by atoms with Crippen molar-refractivity contribution in [1.82, 2.24) is 10.9 Å². The highest BCUT2D eigenvalue weighted by atomic mass is 19.1. The van der Waals surface area contributed by atoms with E-state index in [1.807, 2.05) is 31.2 Å². The molecule has 0 saturated carbocycles. The van der Waals surface area contributed by atoms with Crippen molar-refractivity contribution in [1.29, 1.82) is 0 Å². The van der Waals surface area contributed by atoms with Crippen molar-refractivity contribution < 1.29 is 23.5 Å². The lowest BCUT2D eigenvalue weighted by molar-refractivity contribution is -0.132. The van der Waals surface area contributed by atoms with Gasteiger partial charge in [-0.05, 0) is 31.2 Å². The van der Waals surface area contributed by atoms with Gasteiger partial charge in [0.1, 0.15) is 0 Å². The molecule has 1 heterocycles. The Morgan fingerprint density at radius 3 is 2.57 bits per heavy atom. The summed E-state index contributed by atoms with van der Waals surface area (Å²) < 4.78 is 18.5. The largest absolute Gasteiger partial charge is 0.481 e. The minimum atomic E-state index is -0.642. The van der Waals surface area contributed by atoms with Gasteiger partial charge in [0.15, 0.2) is 18.2 Å². The van der Waals surface area contributed by atoms with Crippen LogP contribution in [0.3, 0.4) is 0 Å². The summed E-state index contributed by atoms with van der Waals surface area (Å²) in [5.41, 5.74) is 6.30. The number of hydrogen-bond acceptors (Lipinski definition) is 4. The number of ether oxygens (including phenoxy) is 1. The molecule has 3 rings (SSSR count). The van der Waals surface area contributed by atoms with Crippen molar-refractivity contribution in [2.75, 3.05) is 18.1 Å². The lowest BCUT2D eigenvalue weighted by Gasteiger charge is -2.17. The molecule has 2 N–H and O–H groups in total. The standard InChI is InChI=1S/C20H20FN3O4/c1-13-6-8-15(9-7-13)24-11-14(10-19(24)26)20(27)23-22-18(25)12-28-17-5-3-2-4-16(17)21/h2-9,14H,10-12H2,1H3,(H,22,25)(H,23,27)/t14-/m0/s1. The number of hydrogen-bond donors (Lipinski definition) is 2. The van der Waals surface area contributed by atoms with Gasteiger partial charge in [0.2, 0.25) is 11.8 Å². The van der Waals surface area contributed by atoms with Gasteiger partial charge < -0.3 is 9.64 Å². The smallest absolute Gasteiger partial charge is 0.276 e. The Morgan fingerprint density at radius 2 is 1.86 bits per heavy atom. The highest BCUT2D eigenvalue weighted by molar-refractivity contribution is 6.00. The number of carbonyl (C=O) groups is 3. The molecule has 1 aliphatic rings. The summed E-state index contributed by atoms with van der Waals surface area (Å²) in [6, 6.07) is 13.1. The van der Waals surface area contributed by atoms with Gasteiger partial charge >= 0.3 is 0 Å². The first-order chi connectivity index (χ1) is 13.4. The zero-order chi connectivity index (χ0) is 20.1. The number of aryl methyl sites for hydroxylation is 1. The summed E-state index contributed by atoms with van der Waals surface area (Å²) in [7, 11) is 0. The zero-order valence-corrected chi connectivity index (χ0v) is 15.3. The summed E-state index contributed by atoms with van der Waals surface area (Å²) >= 11 is 0. The minimum absolute atomic E-state index is 0.0564.